The average Bonchev–Trinajstić information content (AvgIpc) is 2.98. The topological polar surface area (TPSA) is 29.1 Å². The molecule has 0 aromatic heterocycles. The van der Waals surface area contributed by atoms with Crippen LogP contribution in [0.5, 0.6) is 0 Å². The van der Waals surface area contributed by atoms with Crippen molar-refractivity contribution in [2.24, 2.45) is 0 Å². The third-order valence-electron chi connectivity index (χ3n) is 5.36. The van der Waals surface area contributed by atoms with Gasteiger partial charge in [-0.3, -0.25) is 4.79 Å². The van der Waals surface area contributed by atoms with Gasteiger partial charge in [-0.2, -0.15) is 0 Å². The second kappa shape index (κ2) is 7.67. The predicted molar refractivity (Wildman–Crippen MR) is 98.0 cm³/mol. The van der Waals surface area contributed by atoms with Gasteiger partial charge in [0.15, 0.2) is 6.04 Å². The Labute approximate surface area is 145 Å². The fourth-order valence-corrected chi connectivity index (χ4v) is 4.38. The number of carbonyl (C=O) groups is 1. The lowest BCUT2D eigenvalue weighted by molar-refractivity contribution is -0.930. The van der Waals surface area contributed by atoms with Crippen LogP contribution >= 0.6 is 11.6 Å². The van der Waals surface area contributed by atoms with Gasteiger partial charge in [0.05, 0.1) is 19.6 Å². The van der Waals surface area contributed by atoms with Crippen molar-refractivity contribution >= 4 is 23.2 Å². The standard InChI is InChI=1S/C19H29ClN2O/c1-5-9-17(22(6-2)10-7-8-11-22)19(23)21-18-14(3)12-16(20)13-15(18)4/h12-13,17H,5-11H2,1-4H3/p+1. The Balaban J connectivity index is 2.25. The molecule has 1 N–H and O–H groups in total. The molecule has 0 aliphatic carbocycles. The van der Waals surface area contributed by atoms with Crippen molar-refractivity contribution in [2.75, 3.05) is 25.0 Å². The van der Waals surface area contributed by atoms with Crippen LogP contribution in [0.2, 0.25) is 5.02 Å². The maximum absolute atomic E-state index is 13.1. The van der Waals surface area contributed by atoms with Crippen LogP contribution in [-0.2, 0) is 4.79 Å². The molecule has 3 nitrogen and oxygen atoms in total. The third kappa shape index (κ3) is 3.89. The summed E-state index contributed by atoms with van der Waals surface area (Å²) in [5.74, 6) is 0.170. The van der Waals surface area contributed by atoms with Crippen molar-refractivity contribution < 1.29 is 9.28 Å². The molecule has 1 aromatic carbocycles. The van der Waals surface area contributed by atoms with E-state index in [1.54, 1.807) is 0 Å². The van der Waals surface area contributed by atoms with Crippen LogP contribution in [0.15, 0.2) is 12.1 Å². The quantitative estimate of drug-likeness (QED) is 0.749. The first-order valence-corrected chi connectivity index (χ1v) is 9.24. The summed E-state index contributed by atoms with van der Waals surface area (Å²) < 4.78 is 0.950. The minimum absolute atomic E-state index is 0.0574. The van der Waals surface area contributed by atoms with Crippen molar-refractivity contribution in [3.8, 4) is 0 Å². The lowest BCUT2D eigenvalue weighted by Gasteiger charge is -2.40. The van der Waals surface area contributed by atoms with Gasteiger partial charge in [0, 0.05) is 30.0 Å². The highest BCUT2D eigenvalue weighted by Crippen LogP contribution is 2.29. The number of nitrogens with one attached hydrogen (secondary N) is 1. The van der Waals surface area contributed by atoms with Gasteiger partial charge in [0.25, 0.3) is 5.91 Å². The normalized spacial score (nSPS) is 18.0. The summed E-state index contributed by atoms with van der Waals surface area (Å²) in [4.78, 5) is 13.1. The zero-order valence-corrected chi connectivity index (χ0v) is 15.7. The van der Waals surface area contributed by atoms with Gasteiger partial charge in [0.2, 0.25) is 0 Å². The molecule has 1 aliphatic rings. The number of quaternary nitrogens is 1. The number of hydrogen-bond donors (Lipinski definition) is 1. The molecular formula is C19H30ClN2O+. The summed E-state index contributed by atoms with van der Waals surface area (Å²) in [5, 5.41) is 3.94. The zero-order chi connectivity index (χ0) is 17.0. The van der Waals surface area contributed by atoms with E-state index in [1.807, 2.05) is 26.0 Å². The molecule has 1 amide bonds. The molecule has 128 valence electrons. The van der Waals surface area contributed by atoms with E-state index in [0.717, 1.165) is 58.8 Å². The number of hydrogen-bond acceptors (Lipinski definition) is 1. The lowest BCUT2D eigenvalue weighted by atomic mass is 10.0. The van der Waals surface area contributed by atoms with Crippen LogP contribution in [0.3, 0.4) is 0 Å². The zero-order valence-electron chi connectivity index (χ0n) is 14.9. The van der Waals surface area contributed by atoms with Crippen LogP contribution in [0, 0.1) is 13.8 Å². The van der Waals surface area contributed by atoms with Gasteiger partial charge in [-0.05, 0) is 50.5 Å². The van der Waals surface area contributed by atoms with Gasteiger partial charge < -0.3 is 9.80 Å². The van der Waals surface area contributed by atoms with E-state index in [0.29, 0.717) is 0 Å². The molecular weight excluding hydrogens is 308 g/mol. The summed E-state index contributed by atoms with van der Waals surface area (Å²) in [5.41, 5.74) is 2.99. The second-order valence-electron chi connectivity index (χ2n) is 6.90. The van der Waals surface area contributed by atoms with Gasteiger partial charge in [-0.1, -0.05) is 18.5 Å². The Morgan fingerprint density at radius 3 is 2.26 bits per heavy atom. The number of amides is 1. The molecule has 0 bridgehead atoms. The van der Waals surface area contributed by atoms with Crippen LogP contribution in [0.4, 0.5) is 5.69 Å². The number of aryl methyl sites for hydroxylation is 2. The lowest BCUT2D eigenvalue weighted by Crippen LogP contribution is -2.58. The smallest absolute Gasteiger partial charge is 0.282 e. The monoisotopic (exact) mass is 337 g/mol. The highest BCUT2D eigenvalue weighted by atomic mass is 35.5. The van der Waals surface area contributed by atoms with Gasteiger partial charge >= 0.3 is 0 Å². The van der Waals surface area contributed by atoms with E-state index in [9.17, 15) is 4.79 Å². The first-order valence-electron chi connectivity index (χ1n) is 8.87. The number of rotatable bonds is 6. The van der Waals surface area contributed by atoms with E-state index in [4.69, 9.17) is 11.6 Å². The number of likely N-dealkylation sites (tertiary alicyclic amines) is 1. The van der Waals surface area contributed by atoms with Gasteiger partial charge in [-0.25, -0.2) is 0 Å². The van der Waals surface area contributed by atoms with E-state index >= 15 is 0 Å². The summed E-state index contributed by atoms with van der Waals surface area (Å²) >= 11 is 6.10. The Bertz CT molecular complexity index is 541. The Kier molecular flexibility index (Phi) is 6.10. The third-order valence-corrected chi connectivity index (χ3v) is 5.58. The SMILES string of the molecule is CCCC(C(=O)Nc1c(C)cc(Cl)cc1C)[N+]1(CC)CCCC1. The molecule has 0 spiro atoms. The first kappa shape index (κ1) is 18.3. The molecule has 1 aliphatic heterocycles. The molecule has 0 saturated carbocycles. The highest BCUT2D eigenvalue weighted by Gasteiger charge is 2.42. The molecule has 1 saturated heterocycles. The average molecular weight is 338 g/mol. The van der Waals surface area contributed by atoms with Crippen LogP contribution in [0.1, 0.15) is 50.7 Å². The van der Waals surface area contributed by atoms with Crippen molar-refractivity contribution in [1.82, 2.24) is 0 Å². The molecule has 2 rings (SSSR count). The number of benzene rings is 1. The maximum Gasteiger partial charge on any atom is 0.282 e. The largest absolute Gasteiger partial charge is 0.320 e. The Hall–Kier alpha value is -1.06. The van der Waals surface area contributed by atoms with E-state index < -0.39 is 0 Å². The van der Waals surface area contributed by atoms with E-state index in [1.165, 1.54) is 12.8 Å². The first-order chi connectivity index (χ1) is 10.9. The van der Waals surface area contributed by atoms with Crippen molar-refractivity contribution in [1.29, 1.82) is 0 Å². The van der Waals surface area contributed by atoms with E-state index in [-0.39, 0.29) is 11.9 Å². The molecule has 0 radical (unpaired) electrons. The molecule has 1 heterocycles. The van der Waals surface area contributed by atoms with Gasteiger partial charge in [-0.15, -0.1) is 0 Å². The summed E-state index contributed by atoms with van der Waals surface area (Å²) in [6.07, 6.45) is 4.46. The Morgan fingerprint density at radius 1 is 1.22 bits per heavy atom. The minimum Gasteiger partial charge on any atom is -0.320 e. The highest BCUT2D eigenvalue weighted by molar-refractivity contribution is 6.30. The van der Waals surface area contributed by atoms with Crippen molar-refractivity contribution in [3.63, 3.8) is 0 Å². The maximum atomic E-state index is 13.1. The minimum atomic E-state index is 0.0574. The molecule has 1 atom stereocenters. The number of anilines is 1. The fraction of sp³-hybridized carbons (Fsp3) is 0.632. The molecule has 23 heavy (non-hydrogen) atoms. The van der Waals surface area contributed by atoms with Gasteiger partial charge in [0.1, 0.15) is 0 Å². The van der Waals surface area contributed by atoms with Crippen LogP contribution in [-0.4, -0.2) is 36.1 Å². The number of carbonyl (C=O) groups excluding carboxylic acids is 1. The van der Waals surface area contributed by atoms with E-state index in [2.05, 4.69) is 19.2 Å². The number of halogens is 1. The molecule has 1 aromatic rings. The molecule has 1 unspecified atom stereocenters. The van der Waals surface area contributed by atoms with Crippen molar-refractivity contribution in [2.45, 2.75) is 59.4 Å². The molecule has 4 heteroatoms. The summed E-state index contributed by atoms with van der Waals surface area (Å²) in [6.45, 7) is 11.7. The van der Waals surface area contributed by atoms with Crippen molar-refractivity contribution in [3.05, 3.63) is 28.3 Å². The molecule has 1 fully saturated rings. The Morgan fingerprint density at radius 2 is 1.78 bits per heavy atom. The number of nitrogens with zero attached hydrogens (tertiary/aromatic N) is 1. The predicted octanol–water partition coefficient (Wildman–Crippen LogP) is 4.69. The van der Waals surface area contributed by atoms with Crippen LogP contribution in [0.25, 0.3) is 0 Å². The van der Waals surface area contributed by atoms with Crippen LogP contribution < -0.4 is 5.32 Å². The fourth-order valence-electron chi connectivity index (χ4n) is 4.05. The number of likely N-dealkylation sites (N-methyl/N-ethyl adjacent to an activating group) is 1. The summed E-state index contributed by atoms with van der Waals surface area (Å²) in [6, 6.07) is 3.89. The second-order valence-corrected chi connectivity index (χ2v) is 7.33. The summed E-state index contributed by atoms with van der Waals surface area (Å²) in [7, 11) is 0.